The molecule has 16 heavy (non-hydrogen) atoms. The van der Waals surface area contributed by atoms with Gasteiger partial charge in [0.1, 0.15) is 5.75 Å². The summed E-state index contributed by atoms with van der Waals surface area (Å²) in [5, 5.41) is 17.0. The summed E-state index contributed by atoms with van der Waals surface area (Å²) in [4.78, 5) is 10.2. The molecule has 0 unspecified atom stereocenters. The van der Waals surface area contributed by atoms with Gasteiger partial charge in [-0.3, -0.25) is 0 Å². The molecule has 0 aromatic heterocycles. The highest BCUT2D eigenvalue weighted by Crippen LogP contribution is 2.02. The Bertz CT molecular complexity index is 423. The molecule has 2 N–H and O–H groups in total. The molecule has 2 aromatic carbocycles. The lowest BCUT2D eigenvalue weighted by atomic mass is 10.2. The second-order valence-corrected chi connectivity index (χ2v) is 3.01. The normalized spacial score (nSPS) is 8.75. The molecule has 82 valence electrons. The summed E-state index contributed by atoms with van der Waals surface area (Å²) in [6.45, 7) is 0. The first-order valence-corrected chi connectivity index (χ1v) is 4.72. The average Bonchev–Trinajstić information content (AvgIpc) is 2.32. The predicted molar refractivity (Wildman–Crippen MR) is 61.5 cm³/mol. The number of carbonyl (C=O) groups is 1. The summed E-state index contributed by atoms with van der Waals surface area (Å²) >= 11 is 0. The highest BCUT2D eigenvalue weighted by atomic mass is 16.4. The number of hydrogen-bond donors (Lipinski definition) is 2. The van der Waals surface area contributed by atoms with Crippen LogP contribution in [-0.4, -0.2) is 16.2 Å². The second-order valence-electron chi connectivity index (χ2n) is 3.01. The van der Waals surface area contributed by atoms with Gasteiger partial charge in [0, 0.05) is 0 Å². The molecule has 3 heteroatoms. The van der Waals surface area contributed by atoms with Crippen LogP contribution in [0.5, 0.6) is 5.75 Å². The Hall–Kier alpha value is -2.29. The van der Waals surface area contributed by atoms with Crippen molar-refractivity contribution in [3.8, 4) is 5.75 Å². The van der Waals surface area contributed by atoms with E-state index in [0.29, 0.717) is 11.3 Å². The monoisotopic (exact) mass is 216 g/mol. The zero-order valence-electron chi connectivity index (χ0n) is 8.58. The Balaban J connectivity index is 0.000000165. The van der Waals surface area contributed by atoms with E-state index in [9.17, 15) is 4.79 Å². The van der Waals surface area contributed by atoms with E-state index in [1.165, 1.54) is 0 Å². The van der Waals surface area contributed by atoms with Crippen molar-refractivity contribution >= 4 is 5.97 Å². The van der Waals surface area contributed by atoms with Crippen molar-refractivity contribution in [3.63, 3.8) is 0 Å². The molecular formula is C13H12O3. The Morgan fingerprint density at radius 2 is 1.25 bits per heavy atom. The van der Waals surface area contributed by atoms with Crippen molar-refractivity contribution in [1.82, 2.24) is 0 Å². The van der Waals surface area contributed by atoms with Gasteiger partial charge in [-0.15, -0.1) is 0 Å². The SMILES string of the molecule is O=C(O)c1ccccc1.Oc1ccccc1. The lowest BCUT2D eigenvalue weighted by Gasteiger charge is -1.88. The summed E-state index contributed by atoms with van der Waals surface area (Å²) in [5.74, 6) is -0.557. The van der Waals surface area contributed by atoms with Crippen LogP contribution in [0.4, 0.5) is 0 Å². The van der Waals surface area contributed by atoms with E-state index in [1.807, 2.05) is 6.07 Å². The fourth-order valence-electron chi connectivity index (χ4n) is 1.01. The van der Waals surface area contributed by atoms with E-state index >= 15 is 0 Å². The molecule has 3 nitrogen and oxygen atoms in total. The number of carboxylic acid groups (broad SMARTS) is 1. The maximum absolute atomic E-state index is 10.2. The molecule has 0 radical (unpaired) electrons. The first-order chi connectivity index (χ1) is 7.70. The van der Waals surface area contributed by atoms with Gasteiger partial charge in [0.05, 0.1) is 5.56 Å². The van der Waals surface area contributed by atoms with Crippen LogP contribution in [0, 0.1) is 0 Å². The van der Waals surface area contributed by atoms with Crippen LogP contribution in [0.3, 0.4) is 0 Å². The molecule has 2 rings (SSSR count). The van der Waals surface area contributed by atoms with Crippen molar-refractivity contribution in [2.45, 2.75) is 0 Å². The highest BCUT2D eigenvalue weighted by Gasteiger charge is 1.96. The Kier molecular flexibility index (Phi) is 4.60. The Morgan fingerprint density at radius 3 is 1.50 bits per heavy atom. The third-order valence-electron chi connectivity index (χ3n) is 1.78. The summed E-state index contributed by atoms with van der Waals surface area (Å²) < 4.78 is 0. The predicted octanol–water partition coefficient (Wildman–Crippen LogP) is 2.78. The fourth-order valence-corrected chi connectivity index (χ4v) is 1.01. The number of aromatic carboxylic acids is 1. The fraction of sp³-hybridized carbons (Fsp3) is 0. The summed E-state index contributed by atoms with van der Waals surface area (Å²) in [5.41, 5.74) is 0.331. The molecule has 0 fully saturated rings. The molecule has 0 aliphatic carbocycles. The van der Waals surface area contributed by atoms with Crippen LogP contribution in [0.15, 0.2) is 60.7 Å². The number of carboxylic acids is 1. The van der Waals surface area contributed by atoms with E-state index in [0.717, 1.165) is 0 Å². The van der Waals surface area contributed by atoms with Crippen molar-refractivity contribution in [1.29, 1.82) is 0 Å². The molecule has 0 amide bonds. The molecule has 0 spiro atoms. The number of rotatable bonds is 1. The standard InChI is InChI=1S/C7H6O2.C6H6O/c8-7(9)6-4-2-1-3-5-6;7-6-4-2-1-3-5-6/h1-5H,(H,8,9);1-5,7H. The summed E-state index contributed by atoms with van der Waals surface area (Å²) in [7, 11) is 0. The third-order valence-corrected chi connectivity index (χ3v) is 1.78. The van der Waals surface area contributed by atoms with Gasteiger partial charge in [-0.25, -0.2) is 4.79 Å². The summed E-state index contributed by atoms with van der Waals surface area (Å²) in [6, 6.07) is 17.0. The van der Waals surface area contributed by atoms with Gasteiger partial charge in [-0.05, 0) is 24.3 Å². The van der Waals surface area contributed by atoms with Crippen LogP contribution in [-0.2, 0) is 0 Å². The molecule has 2 aromatic rings. The Labute approximate surface area is 93.6 Å². The number of phenols is 1. The third kappa shape index (κ3) is 4.28. The van der Waals surface area contributed by atoms with E-state index in [-0.39, 0.29) is 0 Å². The molecule has 0 saturated carbocycles. The van der Waals surface area contributed by atoms with Crippen molar-refractivity contribution in [2.75, 3.05) is 0 Å². The maximum atomic E-state index is 10.2. The van der Waals surface area contributed by atoms with E-state index in [4.69, 9.17) is 10.2 Å². The molecule has 0 bridgehead atoms. The zero-order valence-corrected chi connectivity index (χ0v) is 8.58. The average molecular weight is 216 g/mol. The van der Waals surface area contributed by atoms with Gasteiger partial charge in [-0.2, -0.15) is 0 Å². The number of hydrogen-bond acceptors (Lipinski definition) is 2. The van der Waals surface area contributed by atoms with E-state index in [1.54, 1.807) is 54.6 Å². The van der Waals surface area contributed by atoms with Gasteiger partial charge < -0.3 is 10.2 Å². The number of para-hydroxylation sites is 1. The second kappa shape index (κ2) is 6.24. The van der Waals surface area contributed by atoms with Crippen LogP contribution >= 0.6 is 0 Å². The van der Waals surface area contributed by atoms with Crippen LogP contribution in [0.1, 0.15) is 10.4 Å². The van der Waals surface area contributed by atoms with Crippen molar-refractivity contribution in [2.24, 2.45) is 0 Å². The molecule has 0 atom stereocenters. The lowest BCUT2D eigenvalue weighted by molar-refractivity contribution is 0.0697. The minimum Gasteiger partial charge on any atom is -0.508 e. The van der Waals surface area contributed by atoms with Gasteiger partial charge in [0.25, 0.3) is 0 Å². The number of phenolic OH excluding ortho intramolecular Hbond substituents is 1. The molecule has 0 aliphatic rings. The van der Waals surface area contributed by atoms with Crippen LogP contribution in [0.25, 0.3) is 0 Å². The van der Waals surface area contributed by atoms with E-state index in [2.05, 4.69) is 0 Å². The number of aromatic hydroxyl groups is 1. The molecule has 0 saturated heterocycles. The summed E-state index contributed by atoms with van der Waals surface area (Å²) in [6.07, 6.45) is 0. The minimum atomic E-state index is -0.879. The van der Waals surface area contributed by atoms with Crippen LogP contribution in [0.2, 0.25) is 0 Å². The van der Waals surface area contributed by atoms with Gasteiger partial charge in [-0.1, -0.05) is 36.4 Å². The first-order valence-electron chi connectivity index (χ1n) is 4.72. The van der Waals surface area contributed by atoms with Crippen molar-refractivity contribution < 1.29 is 15.0 Å². The van der Waals surface area contributed by atoms with Gasteiger partial charge in [0.2, 0.25) is 0 Å². The molecule has 0 heterocycles. The molecule has 0 aliphatic heterocycles. The smallest absolute Gasteiger partial charge is 0.335 e. The minimum absolute atomic E-state index is 0.322. The zero-order chi connectivity index (χ0) is 11.8. The Morgan fingerprint density at radius 1 is 0.812 bits per heavy atom. The maximum Gasteiger partial charge on any atom is 0.335 e. The topological polar surface area (TPSA) is 57.5 Å². The van der Waals surface area contributed by atoms with Crippen LogP contribution < -0.4 is 0 Å². The molecular weight excluding hydrogens is 204 g/mol. The van der Waals surface area contributed by atoms with Gasteiger partial charge >= 0.3 is 5.97 Å². The first kappa shape index (κ1) is 11.8. The number of benzene rings is 2. The highest BCUT2D eigenvalue weighted by molar-refractivity contribution is 5.87. The lowest BCUT2D eigenvalue weighted by Crippen LogP contribution is -1.93. The van der Waals surface area contributed by atoms with E-state index < -0.39 is 5.97 Å². The van der Waals surface area contributed by atoms with Gasteiger partial charge in [0.15, 0.2) is 0 Å². The quantitative estimate of drug-likeness (QED) is 0.770. The largest absolute Gasteiger partial charge is 0.508 e. The van der Waals surface area contributed by atoms with Crippen molar-refractivity contribution in [3.05, 3.63) is 66.2 Å².